The SMILES string of the molecule is C[C@H]1CC[C@@H]2C#C[C@H]1C2(C)C. The molecule has 1 fully saturated rings. The van der Waals surface area contributed by atoms with Crippen molar-refractivity contribution in [2.45, 2.75) is 33.6 Å². The van der Waals surface area contributed by atoms with Gasteiger partial charge in [-0.25, -0.2) is 0 Å². The van der Waals surface area contributed by atoms with Gasteiger partial charge in [-0.2, -0.15) is 0 Å². The van der Waals surface area contributed by atoms with Crippen molar-refractivity contribution in [3.63, 3.8) is 0 Å². The van der Waals surface area contributed by atoms with Crippen LogP contribution in [0.4, 0.5) is 0 Å². The van der Waals surface area contributed by atoms with Crippen LogP contribution in [-0.4, -0.2) is 0 Å². The van der Waals surface area contributed by atoms with E-state index in [4.69, 9.17) is 0 Å². The average molecular weight is 148 g/mol. The van der Waals surface area contributed by atoms with Crippen LogP contribution in [0.5, 0.6) is 0 Å². The van der Waals surface area contributed by atoms with Crippen molar-refractivity contribution < 1.29 is 0 Å². The van der Waals surface area contributed by atoms with Crippen LogP contribution in [0.25, 0.3) is 0 Å². The van der Waals surface area contributed by atoms with Gasteiger partial charge < -0.3 is 0 Å². The maximum Gasteiger partial charge on any atom is 0.0291 e. The number of hydrogen-bond donors (Lipinski definition) is 0. The van der Waals surface area contributed by atoms with Crippen molar-refractivity contribution in [2.75, 3.05) is 0 Å². The quantitative estimate of drug-likeness (QED) is 0.463. The first-order valence-electron chi connectivity index (χ1n) is 4.63. The first-order valence-corrected chi connectivity index (χ1v) is 4.63. The Morgan fingerprint density at radius 2 is 1.91 bits per heavy atom. The summed E-state index contributed by atoms with van der Waals surface area (Å²) >= 11 is 0. The van der Waals surface area contributed by atoms with Gasteiger partial charge in [0.15, 0.2) is 0 Å². The van der Waals surface area contributed by atoms with Gasteiger partial charge in [-0.05, 0) is 24.2 Å². The lowest BCUT2D eigenvalue weighted by Gasteiger charge is -2.40. The van der Waals surface area contributed by atoms with Crippen LogP contribution in [0.2, 0.25) is 0 Å². The second kappa shape index (κ2) is 2.03. The van der Waals surface area contributed by atoms with E-state index in [-0.39, 0.29) is 0 Å². The maximum atomic E-state index is 3.41. The third-order valence-electron chi connectivity index (χ3n) is 3.59. The highest BCUT2D eigenvalue weighted by Gasteiger charge is 2.45. The van der Waals surface area contributed by atoms with E-state index in [1.807, 2.05) is 0 Å². The average Bonchev–Trinajstić information content (AvgIpc) is 2.15. The molecule has 0 heterocycles. The van der Waals surface area contributed by atoms with Crippen LogP contribution in [0.3, 0.4) is 0 Å². The maximum absolute atomic E-state index is 3.41. The molecule has 2 aliphatic rings. The van der Waals surface area contributed by atoms with Gasteiger partial charge in [-0.3, -0.25) is 0 Å². The zero-order chi connectivity index (χ0) is 8.06. The number of fused-ring (bicyclic) bond motifs is 2. The van der Waals surface area contributed by atoms with Gasteiger partial charge in [-0.1, -0.05) is 32.6 Å². The van der Waals surface area contributed by atoms with Gasteiger partial charge in [0.2, 0.25) is 0 Å². The molecular formula is C11H16. The molecule has 0 aromatic rings. The van der Waals surface area contributed by atoms with Crippen molar-refractivity contribution in [3.05, 3.63) is 0 Å². The van der Waals surface area contributed by atoms with Crippen molar-refractivity contribution >= 4 is 0 Å². The van der Waals surface area contributed by atoms with Crippen molar-refractivity contribution in [1.29, 1.82) is 0 Å². The van der Waals surface area contributed by atoms with Crippen molar-refractivity contribution in [3.8, 4) is 11.8 Å². The standard InChI is InChI=1S/C11H16/c1-8-4-5-9-6-7-10(8)11(9,2)3/h8-10H,4-5H2,1-3H3/t8-,9+,10+/m0/s1. The number of rotatable bonds is 0. The molecule has 2 bridgehead atoms. The molecule has 0 amide bonds. The van der Waals surface area contributed by atoms with Crippen LogP contribution in [0.1, 0.15) is 33.6 Å². The van der Waals surface area contributed by atoms with Crippen LogP contribution >= 0.6 is 0 Å². The Kier molecular flexibility index (Phi) is 1.34. The van der Waals surface area contributed by atoms with E-state index in [9.17, 15) is 0 Å². The van der Waals surface area contributed by atoms with Gasteiger partial charge >= 0.3 is 0 Å². The molecular weight excluding hydrogens is 132 g/mol. The van der Waals surface area contributed by atoms with Crippen LogP contribution in [-0.2, 0) is 0 Å². The van der Waals surface area contributed by atoms with E-state index in [1.165, 1.54) is 12.8 Å². The molecule has 0 radical (unpaired) electrons. The molecule has 0 aromatic heterocycles. The predicted molar refractivity (Wildman–Crippen MR) is 46.9 cm³/mol. The molecule has 0 saturated heterocycles. The second-order valence-corrected chi connectivity index (χ2v) is 4.69. The summed E-state index contributed by atoms with van der Waals surface area (Å²) in [5, 5.41) is 0. The second-order valence-electron chi connectivity index (χ2n) is 4.69. The first-order chi connectivity index (χ1) is 5.12. The Hall–Kier alpha value is -0.440. The fourth-order valence-corrected chi connectivity index (χ4v) is 2.70. The third kappa shape index (κ3) is 0.836. The Bertz CT molecular complexity index is 226. The lowest BCUT2D eigenvalue weighted by atomic mass is 9.62. The summed E-state index contributed by atoms with van der Waals surface area (Å²) in [6, 6.07) is 0. The Balaban J connectivity index is 2.32. The first kappa shape index (κ1) is 7.22. The van der Waals surface area contributed by atoms with Crippen molar-refractivity contribution in [2.24, 2.45) is 23.2 Å². The fourth-order valence-electron chi connectivity index (χ4n) is 2.70. The smallest absolute Gasteiger partial charge is 0.0291 e. The molecule has 0 unspecified atom stereocenters. The van der Waals surface area contributed by atoms with E-state index in [0.29, 0.717) is 17.3 Å². The minimum atomic E-state index is 0.456. The summed E-state index contributed by atoms with van der Waals surface area (Å²) in [7, 11) is 0. The minimum Gasteiger partial charge on any atom is -0.0990 e. The number of hydrogen-bond acceptors (Lipinski definition) is 0. The normalized spacial score (nSPS) is 44.8. The summed E-state index contributed by atoms with van der Waals surface area (Å²) in [6.07, 6.45) is 2.70. The summed E-state index contributed by atoms with van der Waals surface area (Å²) in [6.45, 7) is 7.08. The molecule has 0 aliphatic heterocycles. The Morgan fingerprint density at radius 1 is 1.18 bits per heavy atom. The topological polar surface area (TPSA) is 0 Å². The van der Waals surface area contributed by atoms with Gasteiger partial charge in [0, 0.05) is 11.8 Å². The van der Waals surface area contributed by atoms with Gasteiger partial charge in [0.05, 0.1) is 0 Å². The van der Waals surface area contributed by atoms with E-state index in [2.05, 4.69) is 32.6 Å². The molecule has 60 valence electrons. The van der Waals surface area contributed by atoms with Crippen LogP contribution < -0.4 is 0 Å². The van der Waals surface area contributed by atoms with Gasteiger partial charge in [-0.15, -0.1) is 0 Å². The molecule has 0 heteroatoms. The molecule has 3 atom stereocenters. The largest absolute Gasteiger partial charge is 0.0990 e. The molecule has 2 aliphatic carbocycles. The highest BCUT2D eigenvalue weighted by Crippen LogP contribution is 2.50. The van der Waals surface area contributed by atoms with Crippen molar-refractivity contribution in [1.82, 2.24) is 0 Å². The van der Waals surface area contributed by atoms with Crippen LogP contribution in [0, 0.1) is 35.0 Å². The summed E-state index contributed by atoms with van der Waals surface area (Å²) < 4.78 is 0. The van der Waals surface area contributed by atoms with E-state index >= 15 is 0 Å². The molecule has 0 nitrogen and oxygen atoms in total. The molecule has 0 aromatic carbocycles. The Morgan fingerprint density at radius 3 is 2.55 bits per heavy atom. The summed E-state index contributed by atoms with van der Waals surface area (Å²) in [5.74, 6) is 9.01. The third-order valence-corrected chi connectivity index (χ3v) is 3.59. The van der Waals surface area contributed by atoms with Crippen LogP contribution in [0.15, 0.2) is 0 Å². The minimum absolute atomic E-state index is 0.456. The van der Waals surface area contributed by atoms with E-state index in [0.717, 1.165) is 5.92 Å². The Labute approximate surface area is 69.4 Å². The fraction of sp³-hybridized carbons (Fsp3) is 0.818. The molecule has 2 rings (SSSR count). The molecule has 1 saturated carbocycles. The highest BCUT2D eigenvalue weighted by molar-refractivity contribution is 5.24. The zero-order valence-corrected chi connectivity index (χ0v) is 7.65. The summed E-state index contributed by atoms with van der Waals surface area (Å²) in [5.41, 5.74) is 0.456. The van der Waals surface area contributed by atoms with E-state index < -0.39 is 0 Å². The monoisotopic (exact) mass is 148 g/mol. The molecule has 0 spiro atoms. The molecule has 0 N–H and O–H groups in total. The van der Waals surface area contributed by atoms with Gasteiger partial charge in [0.25, 0.3) is 0 Å². The molecule has 11 heavy (non-hydrogen) atoms. The zero-order valence-electron chi connectivity index (χ0n) is 7.65. The predicted octanol–water partition coefficient (Wildman–Crippen LogP) is 2.69. The summed E-state index contributed by atoms with van der Waals surface area (Å²) in [4.78, 5) is 0. The lowest BCUT2D eigenvalue weighted by Crippen LogP contribution is -2.35. The highest BCUT2D eigenvalue weighted by atomic mass is 14.5. The lowest BCUT2D eigenvalue weighted by molar-refractivity contribution is 0.101. The van der Waals surface area contributed by atoms with E-state index in [1.54, 1.807) is 0 Å². The van der Waals surface area contributed by atoms with Gasteiger partial charge in [0.1, 0.15) is 0 Å².